The van der Waals surface area contributed by atoms with Crippen LogP contribution in [0.15, 0.2) is 24.3 Å². The molecule has 1 amide bonds. The predicted octanol–water partition coefficient (Wildman–Crippen LogP) is 2.96. The average Bonchev–Trinajstić information content (AvgIpc) is 2.36. The Bertz CT molecular complexity index is 547. The van der Waals surface area contributed by atoms with E-state index in [1.54, 1.807) is 52.0 Å². The van der Waals surface area contributed by atoms with Crippen molar-refractivity contribution in [2.75, 3.05) is 11.9 Å². The zero-order valence-electron chi connectivity index (χ0n) is 12.6. The van der Waals surface area contributed by atoms with Crippen molar-refractivity contribution in [2.45, 2.75) is 33.3 Å². The van der Waals surface area contributed by atoms with E-state index in [1.165, 1.54) is 0 Å². The number of hydrogen-bond acceptors (Lipinski definition) is 5. The van der Waals surface area contributed by atoms with Crippen molar-refractivity contribution in [3.63, 3.8) is 0 Å². The number of para-hydroxylation sites is 1. The van der Waals surface area contributed by atoms with E-state index in [9.17, 15) is 9.59 Å². The molecule has 0 aliphatic carbocycles. The maximum Gasteiger partial charge on any atom is 0.412 e. The fourth-order valence-electron chi connectivity index (χ4n) is 1.54. The fraction of sp³-hybridized carbons (Fsp3) is 0.400. The Morgan fingerprint density at radius 3 is 2.43 bits per heavy atom. The van der Waals surface area contributed by atoms with Gasteiger partial charge in [-0.15, -0.1) is 0 Å². The minimum Gasteiger partial charge on any atom is -0.461 e. The maximum atomic E-state index is 11.8. The molecule has 0 aromatic heterocycles. The Morgan fingerprint density at radius 2 is 1.86 bits per heavy atom. The molecule has 0 unspecified atom stereocenters. The summed E-state index contributed by atoms with van der Waals surface area (Å²) in [4.78, 5) is 23.4. The molecule has 0 bridgehead atoms. The van der Waals surface area contributed by atoms with Gasteiger partial charge in [0.1, 0.15) is 11.3 Å². The Balaban J connectivity index is 2.92. The molecule has 1 aromatic carbocycles. The number of benzene rings is 1. The van der Waals surface area contributed by atoms with Crippen LogP contribution in [0.2, 0.25) is 0 Å². The van der Waals surface area contributed by atoms with Crippen molar-refractivity contribution in [1.82, 2.24) is 0 Å². The zero-order valence-corrected chi connectivity index (χ0v) is 12.6. The lowest BCUT2D eigenvalue weighted by atomic mass is 10.1. The number of ether oxygens (including phenoxy) is 2. The van der Waals surface area contributed by atoms with Gasteiger partial charge in [-0.3, -0.25) is 10.7 Å². The molecule has 21 heavy (non-hydrogen) atoms. The molecular formula is C15H20N2O4. The van der Waals surface area contributed by atoms with Crippen molar-refractivity contribution < 1.29 is 19.1 Å². The molecule has 1 rings (SSSR count). The summed E-state index contributed by atoms with van der Waals surface area (Å²) in [5.41, 5.74) is -0.344. The molecule has 0 spiro atoms. The molecule has 1 aromatic rings. The lowest BCUT2D eigenvalue weighted by Crippen LogP contribution is -2.28. The Morgan fingerprint density at radius 1 is 1.24 bits per heavy atom. The highest BCUT2D eigenvalue weighted by atomic mass is 16.6. The molecule has 2 N–H and O–H groups in total. The van der Waals surface area contributed by atoms with Crippen LogP contribution in [0.3, 0.4) is 0 Å². The zero-order chi connectivity index (χ0) is 16.0. The summed E-state index contributed by atoms with van der Waals surface area (Å²) in [6.45, 7) is 7.09. The average molecular weight is 292 g/mol. The lowest BCUT2D eigenvalue weighted by molar-refractivity contribution is -0.135. The van der Waals surface area contributed by atoms with E-state index in [1.807, 2.05) is 0 Å². The van der Waals surface area contributed by atoms with E-state index >= 15 is 0 Å². The first kappa shape index (κ1) is 16.7. The summed E-state index contributed by atoms with van der Waals surface area (Å²) >= 11 is 0. The smallest absolute Gasteiger partial charge is 0.412 e. The third-order valence-electron chi connectivity index (χ3n) is 2.31. The van der Waals surface area contributed by atoms with E-state index in [0.717, 1.165) is 0 Å². The molecule has 0 aliphatic rings. The number of nitrogens with one attached hydrogen (secondary N) is 2. The van der Waals surface area contributed by atoms with Gasteiger partial charge >= 0.3 is 12.1 Å². The first-order valence-electron chi connectivity index (χ1n) is 6.59. The third kappa shape index (κ3) is 5.25. The van der Waals surface area contributed by atoms with E-state index < -0.39 is 17.7 Å². The van der Waals surface area contributed by atoms with Crippen LogP contribution in [0.25, 0.3) is 0 Å². The van der Waals surface area contributed by atoms with Gasteiger partial charge in [0.25, 0.3) is 0 Å². The summed E-state index contributed by atoms with van der Waals surface area (Å²) < 4.78 is 9.94. The monoisotopic (exact) mass is 292 g/mol. The van der Waals surface area contributed by atoms with Crippen LogP contribution in [0.4, 0.5) is 10.5 Å². The molecular weight excluding hydrogens is 272 g/mol. The number of esters is 1. The topological polar surface area (TPSA) is 88.5 Å². The Labute approximate surface area is 124 Å². The maximum absolute atomic E-state index is 11.8. The SMILES string of the molecule is CCOC(=O)C(=N)c1ccccc1NC(=O)OC(C)(C)C. The number of anilines is 1. The Hall–Kier alpha value is -2.37. The molecule has 114 valence electrons. The molecule has 0 fully saturated rings. The van der Waals surface area contributed by atoms with Crippen LogP contribution in [0.5, 0.6) is 0 Å². The predicted molar refractivity (Wildman–Crippen MR) is 79.8 cm³/mol. The number of hydrogen-bond donors (Lipinski definition) is 2. The quantitative estimate of drug-likeness (QED) is 0.659. The van der Waals surface area contributed by atoms with Gasteiger partial charge in [0, 0.05) is 5.56 Å². The summed E-state index contributed by atoms with van der Waals surface area (Å²) in [5.74, 6) is -0.740. The summed E-state index contributed by atoms with van der Waals surface area (Å²) in [6.07, 6.45) is -0.647. The molecule has 0 saturated carbocycles. The lowest BCUT2D eigenvalue weighted by Gasteiger charge is -2.20. The van der Waals surface area contributed by atoms with Crippen LogP contribution in [0, 0.1) is 5.41 Å². The first-order valence-corrected chi connectivity index (χ1v) is 6.59. The highest BCUT2D eigenvalue weighted by Gasteiger charge is 2.20. The number of carbonyl (C=O) groups excluding carboxylic acids is 2. The molecule has 0 atom stereocenters. The van der Waals surface area contributed by atoms with E-state index in [0.29, 0.717) is 5.69 Å². The van der Waals surface area contributed by atoms with Gasteiger partial charge in [0.2, 0.25) is 0 Å². The van der Waals surface area contributed by atoms with E-state index in [-0.39, 0.29) is 17.9 Å². The highest BCUT2D eigenvalue weighted by molar-refractivity contribution is 6.43. The van der Waals surface area contributed by atoms with Gasteiger partial charge in [-0.05, 0) is 33.8 Å². The number of amides is 1. The second-order valence-electron chi connectivity index (χ2n) is 5.27. The van der Waals surface area contributed by atoms with Crippen LogP contribution < -0.4 is 5.32 Å². The molecule has 6 nitrogen and oxygen atoms in total. The van der Waals surface area contributed by atoms with Gasteiger partial charge in [0.15, 0.2) is 0 Å². The first-order chi connectivity index (χ1) is 9.74. The Kier molecular flexibility index (Phi) is 5.46. The van der Waals surface area contributed by atoms with E-state index in [2.05, 4.69) is 5.32 Å². The van der Waals surface area contributed by atoms with Crippen molar-refractivity contribution >= 4 is 23.5 Å². The highest BCUT2D eigenvalue weighted by Crippen LogP contribution is 2.18. The van der Waals surface area contributed by atoms with Crippen LogP contribution in [0.1, 0.15) is 33.3 Å². The van der Waals surface area contributed by atoms with Gasteiger partial charge in [-0.1, -0.05) is 18.2 Å². The van der Waals surface area contributed by atoms with Crippen LogP contribution in [-0.4, -0.2) is 30.0 Å². The van der Waals surface area contributed by atoms with Gasteiger partial charge in [-0.25, -0.2) is 9.59 Å². The molecule has 0 heterocycles. The second-order valence-corrected chi connectivity index (χ2v) is 5.27. The third-order valence-corrected chi connectivity index (χ3v) is 2.31. The van der Waals surface area contributed by atoms with Crippen molar-refractivity contribution in [2.24, 2.45) is 0 Å². The molecule has 0 aliphatic heterocycles. The molecule has 6 heteroatoms. The second kappa shape index (κ2) is 6.88. The van der Waals surface area contributed by atoms with Gasteiger partial charge in [0.05, 0.1) is 12.3 Å². The van der Waals surface area contributed by atoms with E-state index in [4.69, 9.17) is 14.9 Å². The minimum absolute atomic E-state index is 0.183. The van der Waals surface area contributed by atoms with Crippen molar-refractivity contribution in [3.8, 4) is 0 Å². The minimum atomic E-state index is -0.740. The summed E-state index contributed by atoms with van der Waals surface area (Å²) in [5, 5.41) is 10.4. The number of carbonyl (C=O) groups is 2. The van der Waals surface area contributed by atoms with Crippen LogP contribution in [-0.2, 0) is 14.3 Å². The van der Waals surface area contributed by atoms with Gasteiger partial charge in [-0.2, -0.15) is 0 Å². The number of rotatable bonds is 4. The summed E-state index contributed by atoms with van der Waals surface area (Å²) in [6, 6.07) is 6.51. The molecule has 0 saturated heterocycles. The van der Waals surface area contributed by atoms with Gasteiger partial charge < -0.3 is 9.47 Å². The standard InChI is InChI=1S/C15H20N2O4/c1-5-20-13(18)12(16)10-8-6-7-9-11(10)17-14(19)21-15(2,3)4/h6-9,16H,5H2,1-4H3,(H,17,19). The van der Waals surface area contributed by atoms with Crippen molar-refractivity contribution in [1.29, 1.82) is 5.41 Å². The van der Waals surface area contributed by atoms with Crippen LogP contribution >= 0.6 is 0 Å². The molecule has 0 radical (unpaired) electrons. The summed E-state index contributed by atoms with van der Waals surface area (Å²) in [7, 11) is 0. The fourth-order valence-corrected chi connectivity index (χ4v) is 1.54. The largest absolute Gasteiger partial charge is 0.461 e. The normalized spacial score (nSPS) is 10.7. The van der Waals surface area contributed by atoms with Crippen molar-refractivity contribution in [3.05, 3.63) is 29.8 Å².